The minimum absolute atomic E-state index is 0. The molecule has 0 atom stereocenters. The van der Waals surface area contributed by atoms with E-state index in [1.807, 2.05) is 0 Å². The molecular weight excluding hydrogens is 313 g/mol. The largest absolute Gasteiger partial charge is 1.00 e. The molecule has 102 valence electrons. The van der Waals surface area contributed by atoms with Gasteiger partial charge in [0.25, 0.3) is 0 Å². The van der Waals surface area contributed by atoms with Gasteiger partial charge in [0.2, 0.25) is 10.0 Å². The summed E-state index contributed by atoms with van der Waals surface area (Å²) in [5.74, 6) is 0. The first-order valence-corrected chi connectivity index (χ1v) is 8.44. The summed E-state index contributed by atoms with van der Waals surface area (Å²) < 4.78 is 58.2. The van der Waals surface area contributed by atoms with Crippen LogP contribution in [0.15, 0.2) is 41.3 Å². The molecule has 0 amide bonds. The molecule has 0 unspecified atom stereocenters. The minimum atomic E-state index is -4.62. The zero-order valence-electron chi connectivity index (χ0n) is 10.8. The van der Waals surface area contributed by atoms with E-state index in [9.17, 15) is 21.4 Å². The third kappa shape index (κ3) is 3.94. The average Bonchev–Trinajstić information content (AvgIpc) is 2.25. The molecule has 0 bridgehead atoms. The molecule has 0 aliphatic carbocycles. The van der Waals surface area contributed by atoms with Crippen LogP contribution in [0.25, 0.3) is 10.8 Å². The molecule has 2 rings (SSSR count). The normalized spacial score (nSPS) is 11.9. The topological polar surface area (TPSA) is 103 Å². The van der Waals surface area contributed by atoms with Crippen molar-refractivity contribution in [1.29, 1.82) is 0 Å². The van der Waals surface area contributed by atoms with Crippen LogP contribution >= 0.6 is 0 Å². The van der Waals surface area contributed by atoms with E-state index in [-0.39, 0.29) is 45.5 Å². The van der Waals surface area contributed by atoms with Gasteiger partial charge in [-0.15, -0.1) is 0 Å². The van der Waals surface area contributed by atoms with E-state index in [0.29, 0.717) is 5.39 Å². The summed E-state index contributed by atoms with van der Waals surface area (Å²) in [7, 11) is -8.11. The van der Waals surface area contributed by atoms with E-state index in [2.05, 4.69) is 4.72 Å². The van der Waals surface area contributed by atoms with Crippen molar-refractivity contribution in [2.45, 2.75) is 4.90 Å². The molecule has 1 N–H and O–H groups in total. The molecule has 0 saturated heterocycles. The Morgan fingerprint density at radius 2 is 1.50 bits per heavy atom. The number of hydrogen-bond donors (Lipinski definition) is 1. The van der Waals surface area contributed by atoms with Crippen LogP contribution in [-0.2, 0) is 20.1 Å². The molecule has 0 aromatic heterocycles. The Morgan fingerprint density at radius 3 is 2.05 bits per heavy atom. The summed E-state index contributed by atoms with van der Waals surface area (Å²) in [5, 5.41) is 0.538. The summed E-state index contributed by atoms with van der Waals surface area (Å²) in [6.07, 6.45) is 0.986. The fourth-order valence-electron chi connectivity index (χ4n) is 1.79. The van der Waals surface area contributed by atoms with E-state index in [1.54, 1.807) is 0 Å². The van der Waals surface area contributed by atoms with Gasteiger partial charge in [-0.1, -0.05) is 24.3 Å². The second-order valence-corrected chi connectivity index (χ2v) is 7.08. The number of sulfonamides is 1. The van der Waals surface area contributed by atoms with Gasteiger partial charge in [0.1, 0.15) is 10.1 Å². The van der Waals surface area contributed by atoms with Gasteiger partial charge in [-0.05, 0) is 12.1 Å². The monoisotopic (exact) mass is 323 g/mol. The molecule has 2 aromatic carbocycles. The first-order chi connectivity index (χ1) is 8.68. The Kier molecular flexibility index (Phi) is 5.23. The number of rotatable bonds is 3. The van der Waals surface area contributed by atoms with E-state index in [0.717, 1.165) is 6.26 Å². The maximum Gasteiger partial charge on any atom is 1.00 e. The summed E-state index contributed by atoms with van der Waals surface area (Å²) in [6, 6.07) is 8.54. The summed E-state index contributed by atoms with van der Waals surface area (Å²) >= 11 is 0. The van der Waals surface area contributed by atoms with Crippen LogP contribution in [0.1, 0.15) is 0 Å². The molecule has 20 heavy (non-hydrogen) atoms. The fourth-order valence-corrected chi connectivity index (χ4v) is 3.06. The number of anilines is 1. The number of fused-ring (bicyclic) bond motifs is 1. The van der Waals surface area contributed by atoms with Crippen molar-refractivity contribution in [1.82, 2.24) is 0 Å². The van der Waals surface area contributed by atoms with Crippen LogP contribution in [0.3, 0.4) is 0 Å². The fraction of sp³-hybridized carbons (Fsp3) is 0.0909. The third-order valence-electron chi connectivity index (χ3n) is 2.45. The average molecular weight is 323 g/mol. The van der Waals surface area contributed by atoms with E-state index in [4.69, 9.17) is 0 Å². The van der Waals surface area contributed by atoms with Gasteiger partial charge >= 0.3 is 29.6 Å². The number of hydrogen-bond acceptors (Lipinski definition) is 5. The second kappa shape index (κ2) is 6.00. The molecular formula is C11H10NNaO5S2. The van der Waals surface area contributed by atoms with Crippen LogP contribution in [-0.4, -0.2) is 27.6 Å². The zero-order chi connectivity index (χ0) is 14.3. The zero-order valence-corrected chi connectivity index (χ0v) is 14.5. The first kappa shape index (κ1) is 17.4. The summed E-state index contributed by atoms with van der Waals surface area (Å²) in [4.78, 5) is -0.373. The van der Waals surface area contributed by atoms with Crippen LogP contribution in [0.5, 0.6) is 0 Å². The Bertz CT molecular complexity index is 846. The van der Waals surface area contributed by atoms with Crippen LogP contribution in [0.2, 0.25) is 0 Å². The van der Waals surface area contributed by atoms with E-state index >= 15 is 0 Å². The van der Waals surface area contributed by atoms with Crippen molar-refractivity contribution in [2.24, 2.45) is 0 Å². The van der Waals surface area contributed by atoms with Gasteiger partial charge in [0.15, 0.2) is 0 Å². The van der Waals surface area contributed by atoms with Crippen molar-refractivity contribution in [3.8, 4) is 0 Å². The molecule has 0 saturated carbocycles. The van der Waals surface area contributed by atoms with Gasteiger partial charge in [-0.25, -0.2) is 16.8 Å². The Hall–Kier alpha value is -0.640. The van der Waals surface area contributed by atoms with Crippen molar-refractivity contribution in [2.75, 3.05) is 11.0 Å². The van der Waals surface area contributed by atoms with Gasteiger partial charge < -0.3 is 4.55 Å². The van der Waals surface area contributed by atoms with Gasteiger partial charge in [-0.3, -0.25) is 4.72 Å². The maximum absolute atomic E-state index is 11.2. The number of benzene rings is 2. The van der Waals surface area contributed by atoms with Crippen LogP contribution < -0.4 is 34.3 Å². The molecule has 9 heteroatoms. The predicted octanol–water partition coefficient (Wildman–Crippen LogP) is -1.88. The van der Waals surface area contributed by atoms with E-state index in [1.165, 1.54) is 36.4 Å². The van der Waals surface area contributed by atoms with Crippen molar-refractivity contribution in [3.05, 3.63) is 36.4 Å². The standard InChI is InChI=1S/C11H11NO5S2.Na/c1-18(13,14)12-10-6-2-5-9-8(10)4-3-7-11(9)19(15,16)17;/h2-7,12H,1H3,(H,15,16,17);/q;+1/p-1. The Morgan fingerprint density at radius 1 is 0.950 bits per heavy atom. The van der Waals surface area contributed by atoms with Crippen molar-refractivity contribution >= 4 is 36.6 Å². The molecule has 0 aliphatic heterocycles. The van der Waals surface area contributed by atoms with Crippen LogP contribution in [0.4, 0.5) is 5.69 Å². The molecule has 0 heterocycles. The van der Waals surface area contributed by atoms with E-state index < -0.39 is 20.1 Å². The Balaban J connectivity index is 0.00000200. The van der Waals surface area contributed by atoms with Crippen molar-refractivity contribution < 1.29 is 50.9 Å². The summed E-state index contributed by atoms with van der Waals surface area (Å²) in [5.41, 5.74) is 0.227. The molecule has 0 fully saturated rings. The van der Waals surface area contributed by atoms with Crippen molar-refractivity contribution in [3.63, 3.8) is 0 Å². The SMILES string of the molecule is CS(=O)(=O)Nc1cccc2c(S(=O)(=O)[O-])cccc12.[Na+]. The Labute approximate surface area is 139 Å². The molecule has 0 spiro atoms. The van der Waals surface area contributed by atoms with Gasteiger partial charge in [0.05, 0.1) is 16.8 Å². The summed E-state index contributed by atoms with van der Waals surface area (Å²) in [6.45, 7) is 0. The number of nitrogens with one attached hydrogen (secondary N) is 1. The maximum atomic E-state index is 11.2. The first-order valence-electron chi connectivity index (χ1n) is 5.14. The minimum Gasteiger partial charge on any atom is -0.744 e. The molecule has 6 nitrogen and oxygen atoms in total. The van der Waals surface area contributed by atoms with Gasteiger partial charge in [-0.2, -0.15) is 0 Å². The molecule has 0 aliphatic rings. The third-order valence-corrected chi connectivity index (χ3v) is 3.93. The van der Waals surface area contributed by atoms with Gasteiger partial charge in [0, 0.05) is 10.8 Å². The quantitative estimate of drug-likeness (QED) is 0.526. The predicted molar refractivity (Wildman–Crippen MR) is 70.4 cm³/mol. The van der Waals surface area contributed by atoms with Crippen LogP contribution in [0, 0.1) is 0 Å². The molecule has 2 aromatic rings. The smallest absolute Gasteiger partial charge is 0.744 e. The second-order valence-electron chi connectivity index (χ2n) is 3.99. The molecule has 0 radical (unpaired) electrons.